The van der Waals surface area contributed by atoms with Crippen molar-refractivity contribution in [2.24, 2.45) is 0 Å². The normalized spacial score (nSPS) is 21.1. The number of anilines is 1. The van der Waals surface area contributed by atoms with Crippen molar-refractivity contribution in [2.75, 3.05) is 38.2 Å². The molecule has 1 atom stereocenters. The number of ketones is 1. The molecule has 18 heavy (non-hydrogen) atoms. The molecule has 0 radical (unpaired) electrons. The fourth-order valence-electron chi connectivity index (χ4n) is 2.39. The zero-order valence-electron chi connectivity index (χ0n) is 11.0. The number of aliphatic hydroxyl groups excluding tert-OH is 1. The average molecular weight is 248 g/mol. The third kappa shape index (κ3) is 2.71. The fourth-order valence-corrected chi connectivity index (χ4v) is 2.39. The number of likely N-dealkylation sites (N-methyl/N-ethyl adjacent to an activating group) is 1. The molecule has 1 fully saturated rings. The molecule has 0 spiro atoms. The van der Waals surface area contributed by atoms with Crippen LogP contribution in [0.3, 0.4) is 0 Å². The van der Waals surface area contributed by atoms with Crippen LogP contribution in [0.2, 0.25) is 0 Å². The second-order valence-corrected chi connectivity index (χ2v) is 4.90. The number of rotatable bonds is 3. The number of nitrogens with zero attached hydrogens (tertiary/aromatic N) is 2. The summed E-state index contributed by atoms with van der Waals surface area (Å²) in [6.45, 7) is 4.48. The summed E-state index contributed by atoms with van der Waals surface area (Å²) in [4.78, 5) is 15.7. The van der Waals surface area contributed by atoms with Gasteiger partial charge in [-0.1, -0.05) is 0 Å². The van der Waals surface area contributed by atoms with Crippen molar-refractivity contribution < 1.29 is 9.90 Å². The van der Waals surface area contributed by atoms with Crippen LogP contribution in [0.15, 0.2) is 24.3 Å². The van der Waals surface area contributed by atoms with E-state index in [9.17, 15) is 9.90 Å². The van der Waals surface area contributed by atoms with E-state index in [2.05, 4.69) is 16.8 Å². The number of carbonyl (C=O) groups is 1. The lowest BCUT2D eigenvalue weighted by Crippen LogP contribution is -2.53. The number of hydrogen-bond acceptors (Lipinski definition) is 4. The van der Waals surface area contributed by atoms with Gasteiger partial charge in [-0.3, -0.25) is 4.79 Å². The Morgan fingerprint density at radius 3 is 2.56 bits per heavy atom. The molecule has 2 rings (SSSR count). The first kappa shape index (κ1) is 13.1. The Hall–Kier alpha value is -1.39. The monoisotopic (exact) mass is 248 g/mol. The van der Waals surface area contributed by atoms with Crippen LogP contribution in [0.25, 0.3) is 0 Å². The van der Waals surface area contributed by atoms with E-state index in [0.29, 0.717) is 0 Å². The highest BCUT2D eigenvalue weighted by Gasteiger charge is 2.24. The summed E-state index contributed by atoms with van der Waals surface area (Å²) in [5.74, 6) is 0.0821. The van der Waals surface area contributed by atoms with E-state index in [1.807, 2.05) is 24.3 Å². The van der Waals surface area contributed by atoms with Gasteiger partial charge in [-0.05, 0) is 38.2 Å². The molecule has 1 aliphatic rings. The zero-order chi connectivity index (χ0) is 13.1. The maximum Gasteiger partial charge on any atom is 0.159 e. The van der Waals surface area contributed by atoms with E-state index in [-0.39, 0.29) is 18.4 Å². The van der Waals surface area contributed by atoms with Crippen molar-refractivity contribution in [1.29, 1.82) is 0 Å². The maximum atomic E-state index is 11.2. The van der Waals surface area contributed by atoms with E-state index in [1.54, 1.807) is 6.92 Å². The molecule has 1 aliphatic heterocycles. The van der Waals surface area contributed by atoms with Crippen LogP contribution in [0.4, 0.5) is 5.69 Å². The Bertz CT molecular complexity index is 416. The van der Waals surface area contributed by atoms with Crippen molar-refractivity contribution in [2.45, 2.75) is 13.0 Å². The van der Waals surface area contributed by atoms with Gasteiger partial charge in [0.1, 0.15) is 0 Å². The van der Waals surface area contributed by atoms with Crippen molar-refractivity contribution >= 4 is 11.5 Å². The third-order valence-electron chi connectivity index (χ3n) is 3.50. The van der Waals surface area contributed by atoms with E-state index >= 15 is 0 Å². The maximum absolute atomic E-state index is 11.2. The summed E-state index contributed by atoms with van der Waals surface area (Å²) in [7, 11) is 2.07. The van der Waals surface area contributed by atoms with Crippen molar-refractivity contribution in [3.63, 3.8) is 0 Å². The Balaban J connectivity index is 2.17. The van der Waals surface area contributed by atoms with E-state index in [1.165, 1.54) is 0 Å². The lowest BCUT2D eigenvalue weighted by atomic mass is 10.1. The first-order valence-electron chi connectivity index (χ1n) is 6.29. The van der Waals surface area contributed by atoms with E-state index in [4.69, 9.17) is 0 Å². The highest BCUT2D eigenvalue weighted by molar-refractivity contribution is 5.94. The van der Waals surface area contributed by atoms with Gasteiger partial charge in [0, 0.05) is 30.9 Å². The number of benzene rings is 1. The molecule has 0 bridgehead atoms. The molecule has 0 aromatic heterocycles. The minimum absolute atomic E-state index is 0.0821. The predicted octanol–water partition coefficient (Wildman–Crippen LogP) is 1.00. The van der Waals surface area contributed by atoms with Gasteiger partial charge in [0.25, 0.3) is 0 Å². The SMILES string of the molecule is CC(=O)c1ccc(N2CCN(C)CC2CO)cc1. The summed E-state index contributed by atoms with van der Waals surface area (Å²) in [6.07, 6.45) is 0. The van der Waals surface area contributed by atoms with Crippen LogP contribution in [0.5, 0.6) is 0 Å². The van der Waals surface area contributed by atoms with Gasteiger partial charge in [0.2, 0.25) is 0 Å². The number of hydrogen-bond donors (Lipinski definition) is 1. The molecule has 98 valence electrons. The number of piperazine rings is 1. The van der Waals surface area contributed by atoms with Crippen molar-refractivity contribution in [3.8, 4) is 0 Å². The largest absolute Gasteiger partial charge is 0.394 e. The fraction of sp³-hybridized carbons (Fsp3) is 0.500. The zero-order valence-corrected chi connectivity index (χ0v) is 11.0. The second-order valence-electron chi connectivity index (χ2n) is 4.90. The van der Waals surface area contributed by atoms with Crippen LogP contribution in [0, 0.1) is 0 Å². The molecule has 0 aliphatic carbocycles. The number of Topliss-reactive ketones (excluding diaryl/α,β-unsaturated/α-hetero) is 1. The van der Waals surface area contributed by atoms with Gasteiger partial charge in [-0.2, -0.15) is 0 Å². The lowest BCUT2D eigenvalue weighted by molar-refractivity contribution is 0.101. The molecule has 4 nitrogen and oxygen atoms in total. The lowest BCUT2D eigenvalue weighted by Gasteiger charge is -2.40. The van der Waals surface area contributed by atoms with Gasteiger partial charge in [-0.25, -0.2) is 0 Å². The van der Waals surface area contributed by atoms with Crippen LogP contribution in [0.1, 0.15) is 17.3 Å². The van der Waals surface area contributed by atoms with Gasteiger partial charge in [0.05, 0.1) is 12.6 Å². The first-order chi connectivity index (χ1) is 8.61. The summed E-state index contributed by atoms with van der Waals surface area (Å²) in [5.41, 5.74) is 1.81. The van der Waals surface area contributed by atoms with E-state index < -0.39 is 0 Å². The summed E-state index contributed by atoms with van der Waals surface area (Å²) < 4.78 is 0. The average Bonchev–Trinajstić information content (AvgIpc) is 2.38. The van der Waals surface area contributed by atoms with Gasteiger partial charge >= 0.3 is 0 Å². The van der Waals surface area contributed by atoms with Gasteiger partial charge in [0.15, 0.2) is 5.78 Å². The Morgan fingerprint density at radius 2 is 2.00 bits per heavy atom. The van der Waals surface area contributed by atoms with Crippen molar-refractivity contribution in [3.05, 3.63) is 29.8 Å². The second kappa shape index (κ2) is 5.50. The van der Waals surface area contributed by atoms with E-state index in [0.717, 1.165) is 30.9 Å². The molecule has 0 amide bonds. The summed E-state index contributed by atoms with van der Waals surface area (Å²) in [5, 5.41) is 9.46. The van der Waals surface area contributed by atoms with Crippen LogP contribution >= 0.6 is 0 Å². The van der Waals surface area contributed by atoms with Crippen molar-refractivity contribution in [1.82, 2.24) is 4.90 Å². The third-order valence-corrected chi connectivity index (χ3v) is 3.50. The molecule has 1 N–H and O–H groups in total. The van der Waals surface area contributed by atoms with Gasteiger partial charge < -0.3 is 14.9 Å². The molecule has 4 heteroatoms. The molecule has 0 saturated carbocycles. The predicted molar refractivity (Wildman–Crippen MR) is 72.2 cm³/mol. The van der Waals surface area contributed by atoms with Crippen LogP contribution in [-0.2, 0) is 0 Å². The Morgan fingerprint density at radius 1 is 1.33 bits per heavy atom. The molecular formula is C14H20N2O2. The topological polar surface area (TPSA) is 43.8 Å². The van der Waals surface area contributed by atoms with Gasteiger partial charge in [-0.15, -0.1) is 0 Å². The smallest absolute Gasteiger partial charge is 0.159 e. The number of aliphatic hydroxyl groups is 1. The molecule has 1 heterocycles. The van der Waals surface area contributed by atoms with Crippen LogP contribution in [-0.4, -0.2) is 55.1 Å². The van der Waals surface area contributed by atoms with Crippen LogP contribution < -0.4 is 4.90 Å². The summed E-state index contributed by atoms with van der Waals surface area (Å²) in [6, 6.07) is 7.76. The molecule has 1 saturated heterocycles. The molecular weight excluding hydrogens is 228 g/mol. The molecule has 1 aromatic carbocycles. The standard InChI is InChI=1S/C14H20N2O2/c1-11(18)12-3-5-13(6-4-12)16-8-7-15(2)9-14(16)10-17/h3-6,14,17H,7-10H2,1-2H3. The Labute approximate surface area is 108 Å². The molecule has 1 unspecified atom stereocenters. The Kier molecular flexibility index (Phi) is 3.99. The molecule has 1 aromatic rings. The summed E-state index contributed by atoms with van der Waals surface area (Å²) >= 11 is 0. The highest BCUT2D eigenvalue weighted by atomic mass is 16.3. The number of carbonyl (C=O) groups excluding carboxylic acids is 1. The first-order valence-corrected chi connectivity index (χ1v) is 6.29. The quantitative estimate of drug-likeness (QED) is 0.811. The minimum Gasteiger partial charge on any atom is -0.394 e. The highest BCUT2D eigenvalue weighted by Crippen LogP contribution is 2.20. The minimum atomic E-state index is 0.0821.